The molecule has 0 aliphatic carbocycles. The van der Waals surface area contributed by atoms with Gasteiger partial charge in [0.15, 0.2) is 11.5 Å². The molecular formula is C8H6F4N2OS. The molecule has 0 aliphatic rings. The average Bonchev–Trinajstić information content (AvgIpc) is 2.12. The number of aromatic nitrogens is 1. The standard InChI is InChI=1S/C8H6F4N2OS/c1-16(15)14-4-5-2-6(9)7(13-3-5)8(10,11)12/h2-4H,1H3. The molecule has 0 spiro atoms. The lowest BCUT2D eigenvalue weighted by atomic mass is 10.2. The van der Waals surface area contributed by atoms with Gasteiger partial charge in [-0.1, -0.05) is 4.40 Å². The number of nitrogens with zero attached hydrogens (tertiary/aromatic N) is 2. The summed E-state index contributed by atoms with van der Waals surface area (Å²) >= 11 is -1.50. The largest absolute Gasteiger partial charge is 0.592 e. The highest BCUT2D eigenvalue weighted by atomic mass is 32.2. The maximum Gasteiger partial charge on any atom is 0.436 e. The van der Waals surface area contributed by atoms with Crippen molar-refractivity contribution in [1.29, 1.82) is 0 Å². The molecule has 1 unspecified atom stereocenters. The predicted octanol–water partition coefficient (Wildman–Crippen LogP) is 1.95. The molecule has 0 aliphatic heterocycles. The highest BCUT2D eigenvalue weighted by molar-refractivity contribution is 7.89. The van der Waals surface area contributed by atoms with E-state index in [0.29, 0.717) is 6.07 Å². The zero-order chi connectivity index (χ0) is 12.3. The molecular weight excluding hydrogens is 248 g/mol. The topological polar surface area (TPSA) is 48.3 Å². The van der Waals surface area contributed by atoms with Gasteiger partial charge in [0.1, 0.15) is 6.26 Å². The van der Waals surface area contributed by atoms with Gasteiger partial charge in [-0.3, -0.25) is 0 Å². The second kappa shape index (κ2) is 4.79. The van der Waals surface area contributed by atoms with E-state index >= 15 is 0 Å². The van der Waals surface area contributed by atoms with E-state index in [0.717, 1.165) is 12.4 Å². The van der Waals surface area contributed by atoms with E-state index < -0.39 is 29.0 Å². The Morgan fingerprint density at radius 1 is 1.50 bits per heavy atom. The third-order valence-electron chi connectivity index (χ3n) is 1.48. The monoisotopic (exact) mass is 254 g/mol. The van der Waals surface area contributed by atoms with Crippen LogP contribution in [0.4, 0.5) is 17.6 Å². The molecule has 0 radical (unpaired) electrons. The van der Waals surface area contributed by atoms with Gasteiger partial charge >= 0.3 is 6.18 Å². The summed E-state index contributed by atoms with van der Waals surface area (Å²) in [5, 5.41) is 0. The van der Waals surface area contributed by atoms with Gasteiger partial charge in [-0.25, -0.2) is 9.37 Å². The van der Waals surface area contributed by atoms with Crippen molar-refractivity contribution in [2.45, 2.75) is 6.18 Å². The van der Waals surface area contributed by atoms with E-state index in [1.165, 1.54) is 6.26 Å². The van der Waals surface area contributed by atoms with Crippen molar-refractivity contribution in [2.24, 2.45) is 4.40 Å². The first kappa shape index (κ1) is 12.9. The predicted molar refractivity (Wildman–Crippen MR) is 50.9 cm³/mol. The summed E-state index contributed by atoms with van der Waals surface area (Å²) in [6.45, 7) is 0. The van der Waals surface area contributed by atoms with Crippen molar-refractivity contribution in [3.8, 4) is 0 Å². The van der Waals surface area contributed by atoms with E-state index in [1.54, 1.807) is 0 Å². The Kier molecular flexibility index (Phi) is 3.87. The van der Waals surface area contributed by atoms with E-state index in [1.807, 2.05) is 0 Å². The van der Waals surface area contributed by atoms with Crippen molar-refractivity contribution < 1.29 is 22.1 Å². The van der Waals surface area contributed by atoms with Crippen LogP contribution in [0.5, 0.6) is 0 Å². The Hall–Kier alpha value is -1.15. The van der Waals surface area contributed by atoms with Crippen LogP contribution in [0.1, 0.15) is 11.3 Å². The minimum atomic E-state index is -4.83. The molecule has 0 aromatic carbocycles. The molecule has 1 atom stereocenters. The van der Waals surface area contributed by atoms with Crippen LogP contribution >= 0.6 is 0 Å². The Bertz CT molecular complexity index is 406. The molecule has 3 nitrogen and oxygen atoms in total. The van der Waals surface area contributed by atoms with Crippen LogP contribution in [0.2, 0.25) is 0 Å². The van der Waals surface area contributed by atoms with Crippen molar-refractivity contribution >= 4 is 17.6 Å². The van der Waals surface area contributed by atoms with Crippen LogP contribution in [0, 0.1) is 5.82 Å². The first-order valence-corrected chi connectivity index (χ1v) is 5.42. The minimum Gasteiger partial charge on any atom is -0.592 e. The van der Waals surface area contributed by atoms with Gasteiger partial charge < -0.3 is 4.55 Å². The quantitative estimate of drug-likeness (QED) is 0.460. The molecule has 1 aromatic heterocycles. The molecule has 0 saturated carbocycles. The number of alkyl halides is 3. The molecule has 8 heteroatoms. The summed E-state index contributed by atoms with van der Waals surface area (Å²) in [4.78, 5) is 2.94. The third-order valence-corrected chi connectivity index (χ3v) is 1.88. The van der Waals surface area contributed by atoms with Crippen molar-refractivity contribution in [1.82, 2.24) is 4.98 Å². The van der Waals surface area contributed by atoms with Gasteiger partial charge in [0.2, 0.25) is 0 Å². The summed E-state index contributed by atoms with van der Waals surface area (Å²) in [6, 6.07) is 0.631. The summed E-state index contributed by atoms with van der Waals surface area (Å²) in [5.74, 6) is -1.49. The zero-order valence-electron chi connectivity index (χ0n) is 7.95. The molecule has 0 saturated heterocycles. The maximum absolute atomic E-state index is 13.0. The number of hydrogen-bond donors (Lipinski definition) is 0. The molecule has 1 heterocycles. The maximum atomic E-state index is 13.0. The molecule has 0 bridgehead atoms. The van der Waals surface area contributed by atoms with Crippen LogP contribution in [-0.2, 0) is 17.5 Å². The fourth-order valence-corrected chi connectivity index (χ4v) is 1.14. The van der Waals surface area contributed by atoms with Gasteiger partial charge in [0.25, 0.3) is 0 Å². The highest BCUT2D eigenvalue weighted by Crippen LogP contribution is 2.29. The SMILES string of the molecule is C[S+]([O-])N=Cc1cnc(C(F)(F)F)c(F)c1. The van der Waals surface area contributed by atoms with Crippen molar-refractivity contribution in [2.75, 3.05) is 6.26 Å². The van der Waals surface area contributed by atoms with Gasteiger partial charge in [-0.15, -0.1) is 0 Å². The lowest BCUT2D eigenvalue weighted by molar-refractivity contribution is -0.143. The van der Waals surface area contributed by atoms with E-state index in [9.17, 15) is 22.1 Å². The summed E-state index contributed by atoms with van der Waals surface area (Å²) < 4.78 is 63.2. The highest BCUT2D eigenvalue weighted by Gasteiger charge is 2.35. The minimum absolute atomic E-state index is 0.0145. The Balaban J connectivity index is 3.00. The second-order valence-corrected chi connectivity index (χ2v) is 3.81. The Morgan fingerprint density at radius 3 is 2.56 bits per heavy atom. The molecule has 0 amide bonds. The number of halogens is 4. The molecule has 1 aromatic rings. The van der Waals surface area contributed by atoms with Crippen LogP contribution in [0.3, 0.4) is 0 Å². The molecule has 0 N–H and O–H groups in total. The average molecular weight is 254 g/mol. The van der Waals surface area contributed by atoms with Crippen LogP contribution in [0.25, 0.3) is 0 Å². The second-order valence-electron chi connectivity index (χ2n) is 2.76. The normalized spacial score (nSPS) is 14.4. The number of pyridine rings is 1. The summed E-state index contributed by atoms with van der Waals surface area (Å²) in [7, 11) is 0. The van der Waals surface area contributed by atoms with Crippen LogP contribution in [-0.4, -0.2) is 22.0 Å². The molecule has 1 rings (SSSR count). The molecule has 16 heavy (non-hydrogen) atoms. The fraction of sp³-hybridized carbons (Fsp3) is 0.250. The van der Waals surface area contributed by atoms with Crippen LogP contribution < -0.4 is 0 Å². The van der Waals surface area contributed by atoms with E-state index in [2.05, 4.69) is 9.38 Å². The lowest BCUT2D eigenvalue weighted by Crippen LogP contribution is -2.11. The Labute approximate surface area is 91.5 Å². The smallest absolute Gasteiger partial charge is 0.436 e. The van der Waals surface area contributed by atoms with Crippen molar-refractivity contribution in [3.05, 3.63) is 29.3 Å². The Morgan fingerprint density at radius 2 is 2.12 bits per heavy atom. The van der Waals surface area contributed by atoms with E-state index in [-0.39, 0.29) is 5.56 Å². The van der Waals surface area contributed by atoms with Crippen molar-refractivity contribution in [3.63, 3.8) is 0 Å². The van der Waals surface area contributed by atoms with Gasteiger partial charge in [-0.05, 0) is 6.07 Å². The first-order valence-electron chi connectivity index (χ1n) is 3.91. The van der Waals surface area contributed by atoms with Gasteiger partial charge in [-0.2, -0.15) is 13.2 Å². The summed E-state index contributed by atoms with van der Waals surface area (Å²) in [5.41, 5.74) is -1.57. The van der Waals surface area contributed by atoms with Gasteiger partial charge in [0.05, 0.1) is 17.6 Å². The summed E-state index contributed by atoms with van der Waals surface area (Å²) in [6.07, 6.45) is -1.76. The van der Waals surface area contributed by atoms with E-state index in [4.69, 9.17) is 0 Å². The molecule has 88 valence electrons. The number of rotatable bonds is 2. The zero-order valence-corrected chi connectivity index (χ0v) is 8.77. The van der Waals surface area contributed by atoms with Crippen LogP contribution in [0.15, 0.2) is 16.7 Å². The number of hydrogen-bond acceptors (Lipinski definition) is 3. The fourth-order valence-electron chi connectivity index (χ4n) is 0.867. The van der Waals surface area contributed by atoms with Gasteiger partial charge in [0, 0.05) is 11.8 Å². The molecule has 0 fully saturated rings. The first-order chi connectivity index (χ1) is 7.30. The third kappa shape index (κ3) is 3.46. The lowest BCUT2D eigenvalue weighted by Gasteiger charge is -2.06.